The van der Waals surface area contributed by atoms with Crippen LogP contribution in [0.1, 0.15) is 102 Å². The minimum atomic E-state index is -0.289. The van der Waals surface area contributed by atoms with Gasteiger partial charge in [-0.1, -0.05) is 75.2 Å². The normalized spacial score (nSPS) is 27.3. The molecule has 0 saturated heterocycles. The smallest absolute Gasteiger partial charge is 0.136 e. The molecule has 2 aromatic rings. The topological polar surface area (TPSA) is 40.9 Å². The second kappa shape index (κ2) is 11.4. The quantitative estimate of drug-likeness (QED) is 0.399. The zero-order chi connectivity index (χ0) is 24.0. The molecule has 0 N–H and O–H groups in total. The first-order chi connectivity index (χ1) is 16.6. The van der Waals surface area contributed by atoms with E-state index >= 15 is 0 Å². The first-order valence-corrected chi connectivity index (χ1v) is 13.7. The number of unbranched alkanes of at least 4 members (excludes halogenated alkanes) is 1. The molecule has 2 saturated carbocycles. The zero-order valence-corrected chi connectivity index (χ0v) is 21.2. The van der Waals surface area contributed by atoms with Crippen LogP contribution in [-0.4, -0.2) is 5.78 Å². The average molecular weight is 456 g/mol. The van der Waals surface area contributed by atoms with Crippen LogP contribution in [0.3, 0.4) is 0 Å². The van der Waals surface area contributed by atoms with Gasteiger partial charge in [-0.15, -0.1) is 0 Å². The van der Waals surface area contributed by atoms with Gasteiger partial charge in [0.15, 0.2) is 0 Å². The molecule has 2 heteroatoms. The first kappa shape index (κ1) is 24.7. The minimum absolute atomic E-state index is 0.249. The van der Waals surface area contributed by atoms with E-state index in [4.69, 9.17) is 0 Å². The summed E-state index contributed by atoms with van der Waals surface area (Å²) >= 11 is 0. The Kier molecular flexibility index (Phi) is 8.25. The fraction of sp³-hybridized carbons (Fsp3) is 0.562. The van der Waals surface area contributed by atoms with Gasteiger partial charge in [0.25, 0.3) is 0 Å². The average Bonchev–Trinajstić information content (AvgIpc) is 2.89. The Bertz CT molecular complexity index is 973. The third kappa shape index (κ3) is 5.46. The summed E-state index contributed by atoms with van der Waals surface area (Å²) in [6.45, 7) is 4.40. The molecule has 0 amide bonds. The molecule has 34 heavy (non-hydrogen) atoms. The fourth-order valence-corrected chi connectivity index (χ4v) is 6.47. The summed E-state index contributed by atoms with van der Waals surface area (Å²) in [5.74, 6) is 1.46. The number of carbonyl (C=O) groups is 1. The number of carbonyl (C=O) groups excluding carboxylic acids is 1. The second-order valence-electron chi connectivity index (χ2n) is 10.9. The second-order valence-corrected chi connectivity index (χ2v) is 10.9. The maximum atomic E-state index is 12.7. The Hall–Kier alpha value is -2.40. The molecule has 0 aliphatic heterocycles. The van der Waals surface area contributed by atoms with Gasteiger partial charge in [-0.25, -0.2) is 0 Å². The van der Waals surface area contributed by atoms with Crippen molar-refractivity contribution < 1.29 is 4.79 Å². The van der Waals surface area contributed by atoms with E-state index in [1.54, 1.807) is 0 Å². The molecule has 2 aliphatic carbocycles. The van der Waals surface area contributed by atoms with Crippen molar-refractivity contribution >= 4 is 5.78 Å². The van der Waals surface area contributed by atoms with Crippen LogP contribution in [0.15, 0.2) is 48.5 Å². The van der Waals surface area contributed by atoms with Crippen molar-refractivity contribution in [3.8, 4) is 17.2 Å². The number of ketones is 1. The third-order valence-electron chi connectivity index (χ3n) is 8.77. The molecule has 2 aliphatic rings. The van der Waals surface area contributed by atoms with Crippen LogP contribution in [-0.2, 0) is 11.2 Å². The standard InChI is InChI=1S/C32H41NO/c1-3-5-7-24-8-10-25(11-9-24)26-12-14-27(15-13-26)28-18-20-32(23-33,21-19-28)30-17-16-29(6-4-2)31(34)22-30/h8-15,28-30H,3-7,16-22H2,1-2H3/t28?,29-,30-,32?/m1/s1. The molecule has 0 bridgehead atoms. The van der Waals surface area contributed by atoms with Gasteiger partial charge in [0.2, 0.25) is 0 Å². The predicted molar refractivity (Wildman–Crippen MR) is 140 cm³/mol. The Morgan fingerprint density at radius 1 is 0.882 bits per heavy atom. The lowest BCUT2D eigenvalue weighted by atomic mass is 9.59. The summed E-state index contributed by atoms with van der Waals surface area (Å²) < 4.78 is 0. The molecule has 2 fully saturated rings. The summed E-state index contributed by atoms with van der Waals surface area (Å²) in [6.07, 6.45) is 12.4. The highest BCUT2D eigenvalue weighted by atomic mass is 16.1. The van der Waals surface area contributed by atoms with Crippen molar-refractivity contribution in [1.82, 2.24) is 0 Å². The van der Waals surface area contributed by atoms with E-state index in [0.29, 0.717) is 18.1 Å². The van der Waals surface area contributed by atoms with E-state index < -0.39 is 0 Å². The largest absolute Gasteiger partial charge is 0.299 e. The number of nitrogens with zero attached hydrogens (tertiary/aromatic N) is 1. The van der Waals surface area contributed by atoms with Crippen LogP contribution in [0.4, 0.5) is 0 Å². The Morgan fingerprint density at radius 2 is 1.53 bits per heavy atom. The lowest BCUT2D eigenvalue weighted by molar-refractivity contribution is -0.128. The van der Waals surface area contributed by atoms with Gasteiger partial charge in [-0.3, -0.25) is 4.79 Å². The van der Waals surface area contributed by atoms with Crippen molar-refractivity contribution in [2.45, 2.75) is 96.8 Å². The molecule has 0 radical (unpaired) electrons. The number of aryl methyl sites for hydroxylation is 1. The van der Waals surface area contributed by atoms with Gasteiger partial charge in [-0.2, -0.15) is 5.26 Å². The zero-order valence-electron chi connectivity index (χ0n) is 21.2. The van der Waals surface area contributed by atoms with Crippen LogP contribution < -0.4 is 0 Å². The van der Waals surface area contributed by atoms with Gasteiger partial charge < -0.3 is 0 Å². The Labute approximate surface area is 206 Å². The number of hydrogen-bond acceptors (Lipinski definition) is 2. The summed E-state index contributed by atoms with van der Waals surface area (Å²) in [5, 5.41) is 10.2. The van der Waals surface area contributed by atoms with E-state index in [1.165, 1.54) is 35.1 Å². The maximum Gasteiger partial charge on any atom is 0.136 e. The highest BCUT2D eigenvalue weighted by Gasteiger charge is 2.45. The molecule has 180 valence electrons. The van der Waals surface area contributed by atoms with Gasteiger partial charge in [0.1, 0.15) is 5.78 Å². The van der Waals surface area contributed by atoms with Crippen molar-refractivity contribution in [3.63, 3.8) is 0 Å². The Balaban J connectivity index is 1.36. The minimum Gasteiger partial charge on any atom is -0.299 e. The van der Waals surface area contributed by atoms with Crippen LogP contribution >= 0.6 is 0 Å². The summed E-state index contributed by atoms with van der Waals surface area (Å²) in [7, 11) is 0. The fourth-order valence-electron chi connectivity index (χ4n) is 6.47. The lowest BCUT2D eigenvalue weighted by Gasteiger charge is -2.43. The number of Topliss-reactive ketones (excluding diaryl/α,β-unsaturated/α-hetero) is 1. The number of benzene rings is 2. The van der Waals surface area contributed by atoms with Crippen molar-refractivity contribution in [3.05, 3.63) is 59.7 Å². The van der Waals surface area contributed by atoms with Gasteiger partial charge in [0.05, 0.1) is 11.5 Å². The number of nitriles is 1. The van der Waals surface area contributed by atoms with Crippen LogP contribution in [0.25, 0.3) is 11.1 Å². The Morgan fingerprint density at radius 3 is 2.09 bits per heavy atom. The molecular formula is C32H41NO. The van der Waals surface area contributed by atoms with Crippen molar-refractivity contribution in [1.29, 1.82) is 5.26 Å². The van der Waals surface area contributed by atoms with E-state index in [9.17, 15) is 10.1 Å². The van der Waals surface area contributed by atoms with Crippen LogP contribution in [0.5, 0.6) is 0 Å². The highest BCUT2D eigenvalue weighted by molar-refractivity contribution is 5.82. The monoisotopic (exact) mass is 455 g/mol. The maximum absolute atomic E-state index is 12.7. The van der Waals surface area contributed by atoms with Gasteiger partial charge in [-0.05, 0) is 91.9 Å². The summed E-state index contributed by atoms with van der Waals surface area (Å²) in [5.41, 5.74) is 5.09. The highest BCUT2D eigenvalue weighted by Crippen LogP contribution is 2.51. The number of rotatable bonds is 8. The molecular weight excluding hydrogens is 414 g/mol. The summed E-state index contributed by atoms with van der Waals surface area (Å²) in [6, 6.07) is 20.9. The van der Waals surface area contributed by atoms with E-state index in [1.807, 2.05) is 0 Å². The molecule has 0 unspecified atom stereocenters. The van der Waals surface area contributed by atoms with Crippen molar-refractivity contribution in [2.24, 2.45) is 17.3 Å². The van der Waals surface area contributed by atoms with E-state index in [0.717, 1.165) is 57.8 Å². The molecule has 0 heterocycles. The summed E-state index contributed by atoms with van der Waals surface area (Å²) in [4.78, 5) is 12.7. The molecule has 4 rings (SSSR count). The SMILES string of the molecule is CCCCc1ccc(-c2ccc(C3CCC(C#N)([C@@H]4CC[C@@H](CCC)C(=O)C4)CC3)cc2)cc1. The molecule has 2 atom stereocenters. The van der Waals surface area contributed by atoms with E-state index in [2.05, 4.69) is 68.4 Å². The third-order valence-corrected chi connectivity index (χ3v) is 8.77. The van der Waals surface area contributed by atoms with Crippen molar-refractivity contribution in [2.75, 3.05) is 0 Å². The molecule has 2 nitrogen and oxygen atoms in total. The van der Waals surface area contributed by atoms with Crippen LogP contribution in [0, 0.1) is 28.6 Å². The predicted octanol–water partition coefficient (Wildman–Crippen LogP) is 8.65. The van der Waals surface area contributed by atoms with Gasteiger partial charge in [0, 0.05) is 12.3 Å². The molecule has 0 aromatic heterocycles. The number of hydrogen-bond donors (Lipinski definition) is 0. The molecule has 2 aromatic carbocycles. The lowest BCUT2D eigenvalue weighted by Crippen LogP contribution is -2.38. The molecule has 0 spiro atoms. The van der Waals surface area contributed by atoms with Gasteiger partial charge >= 0.3 is 0 Å². The van der Waals surface area contributed by atoms with Crippen LogP contribution in [0.2, 0.25) is 0 Å². The first-order valence-electron chi connectivity index (χ1n) is 13.7. The van der Waals surface area contributed by atoms with E-state index in [-0.39, 0.29) is 17.3 Å².